The van der Waals surface area contributed by atoms with E-state index in [1.54, 1.807) is 12.1 Å². The van der Waals surface area contributed by atoms with Gasteiger partial charge in [0.2, 0.25) is 5.91 Å². The van der Waals surface area contributed by atoms with Crippen molar-refractivity contribution in [1.82, 2.24) is 0 Å². The molecule has 0 atom stereocenters. The summed E-state index contributed by atoms with van der Waals surface area (Å²) in [6.07, 6.45) is 2.58. The van der Waals surface area contributed by atoms with E-state index < -0.39 is 0 Å². The van der Waals surface area contributed by atoms with Crippen molar-refractivity contribution < 1.29 is 4.79 Å². The smallest absolute Gasteiger partial charge is 0.248 e. The predicted octanol–water partition coefficient (Wildman–Crippen LogP) is 3.50. The van der Waals surface area contributed by atoms with E-state index in [1.807, 2.05) is 12.1 Å². The minimum atomic E-state index is -0.386. The number of carbonyl (C=O) groups excluding carboxylic acids is 1. The molecule has 0 aromatic heterocycles. The topological polar surface area (TPSA) is 43.1 Å². The largest absolute Gasteiger partial charge is 0.366 e. The Bertz CT molecular complexity index is 607. The Hall–Kier alpha value is -2.09. The molecule has 2 aromatic carbocycles. The normalized spacial score (nSPS) is 16.1. The van der Waals surface area contributed by atoms with Gasteiger partial charge in [-0.05, 0) is 47.1 Å². The second kappa shape index (κ2) is 4.23. The first-order valence-corrected chi connectivity index (χ1v) is 6.59. The number of hydrogen-bond donors (Lipinski definition) is 1. The van der Waals surface area contributed by atoms with Crippen molar-refractivity contribution in [3.63, 3.8) is 0 Å². The van der Waals surface area contributed by atoms with Crippen LogP contribution in [0.1, 0.15) is 35.7 Å². The van der Waals surface area contributed by atoms with Crippen LogP contribution in [0.2, 0.25) is 0 Å². The van der Waals surface area contributed by atoms with Gasteiger partial charge >= 0.3 is 0 Å². The lowest BCUT2D eigenvalue weighted by Gasteiger charge is -2.10. The first-order valence-electron chi connectivity index (χ1n) is 6.59. The van der Waals surface area contributed by atoms with E-state index in [0.29, 0.717) is 11.0 Å². The van der Waals surface area contributed by atoms with Crippen LogP contribution in [0.3, 0.4) is 0 Å². The molecule has 1 amide bonds. The summed E-state index contributed by atoms with van der Waals surface area (Å²) >= 11 is 0. The van der Waals surface area contributed by atoms with Gasteiger partial charge in [-0.3, -0.25) is 4.79 Å². The van der Waals surface area contributed by atoms with Crippen molar-refractivity contribution in [2.45, 2.75) is 25.2 Å². The van der Waals surface area contributed by atoms with Gasteiger partial charge in [0.15, 0.2) is 0 Å². The van der Waals surface area contributed by atoms with Crippen molar-refractivity contribution in [2.24, 2.45) is 5.73 Å². The fraction of sp³-hybridized carbons (Fsp3) is 0.235. The number of amides is 1. The SMILES string of the molecule is CC1(c2ccc(-c3ccc(C(N)=O)cc3)cc2)CC1. The zero-order chi connectivity index (χ0) is 13.5. The second-order valence-corrected chi connectivity index (χ2v) is 5.58. The fourth-order valence-corrected chi connectivity index (χ4v) is 2.37. The summed E-state index contributed by atoms with van der Waals surface area (Å²) in [4.78, 5) is 11.0. The summed E-state index contributed by atoms with van der Waals surface area (Å²) in [5.41, 5.74) is 9.90. The van der Waals surface area contributed by atoms with Crippen molar-refractivity contribution in [3.8, 4) is 11.1 Å². The van der Waals surface area contributed by atoms with Crippen LogP contribution in [0, 0.1) is 0 Å². The Morgan fingerprint density at radius 1 is 0.947 bits per heavy atom. The first kappa shape index (κ1) is 12.0. The summed E-state index contributed by atoms with van der Waals surface area (Å²) in [7, 11) is 0. The van der Waals surface area contributed by atoms with Crippen LogP contribution in [0.4, 0.5) is 0 Å². The van der Waals surface area contributed by atoms with Gasteiger partial charge < -0.3 is 5.73 Å². The van der Waals surface area contributed by atoms with Crippen LogP contribution >= 0.6 is 0 Å². The third kappa shape index (κ3) is 2.26. The molecule has 1 aliphatic carbocycles. The summed E-state index contributed by atoms with van der Waals surface area (Å²) in [5.74, 6) is -0.386. The van der Waals surface area contributed by atoms with Gasteiger partial charge in [0.1, 0.15) is 0 Å². The van der Waals surface area contributed by atoms with Gasteiger partial charge in [0.05, 0.1) is 0 Å². The molecule has 2 aromatic rings. The van der Waals surface area contributed by atoms with Crippen LogP contribution in [-0.4, -0.2) is 5.91 Å². The molecule has 96 valence electrons. The minimum absolute atomic E-state index is 0.386. The van der Waals surface area contributed by atoms with E-state index in [9.17, 15) is 4.79 Å². The Labute approximate surface area is 113 Å². The highest BCUT2D eigenvalue weighted by Gasteiger charge is 2.38. The Morgan fingerprint density at radius 3 is 1.84 bits per heavy atom. The highest BCUT2D eigenvalue weighted by Crippen LogP contribution is 2.47. The quantitative estimate of drug-likeness (QED) is 0.891. The zero-order valence-electron chi connectivity index (χ0n) is 11.0. The molecule has 2 N–H and O–H groups in total. The van der Waals surface area contributed by atoms with Gasteiger partial charge in [-0.2, -0.15) is 0 Å². The molecule has 3 rings (SSSR count). The maximum atomic E-state index is 11.0. The van der Waals surface area contributed by atoms with Crippen LogP contribution in [0.15, 0.2) is 48.5 Å². The summed E-state index contributed by atoms with van der Waals surface area (Å²) < 4.78 is 0. The molecule has 0 saturated heterocycles. The van der Waals surface area contributed by atoms with Gasteiger partial charge in [-0.1, -0.05) is 43.3 Å². The van der Waals surface area contributed by atoms with Gasteiger partial charge in [0.25, 0.3) is 0 Å². The van der Waals surface area contributed by atoms with Crippen LogP contribution in [-0.2, 0) is 5.41 Å². The van der Waals surface area contributed by atoms with Gasteiger partial charge in [-0.25, -0.2) is 0 Å². The van der Waals surface area contributed by atoms with Crippen molar-refractivity contribution >= 4 is 5.91 Å². The highest BCUT2D eigenvalue weighted by atomic mass is 16.1. The summed E-state index contributed by atoms with van der Waals surface area (Å²) in [5, 5.41) is 0. The Balaban J connectivity index is 1.87. The summed E-state index contributed by atoms with van der Waals surface area (Å²) in [6, 6.07) is 16.1. The number of nitrogens with two attached hydrogens (primary N) is 1. The lowest BCUT2D eigenvalue weighted by molar-refractivity contribution is 0.100. The van der Waals surface area contributed by atoms with E-state index in [2.05, 4.69) is 31.2 Å². The van der Waals surface area contributed by atoms with Crippen LogP contribution in [0.5, 0.6) is 0 Å². The standard InChI is InChI=1S/C17H17NO/c1-17(10-11-17)15-8-6-13(7-9-15)12-2-4-14(5-3-12)16(18)19/h2-9H,10-11H2,1H3,(H2,18,19). The molecule has 0 bridgehead atoms. The van der Waals surface area contributed by atoms with Crippen molar-refractivity contribution in [1.29, 1.82) is 0 Å². The zero-order valence-corrected chi connectivity index (χ0v) is 11.0. The molecular formula is C17H17NO. The predicted molar refractivity (Wildman–Crippen MR) is 77.0 cm³/mol. The number of carbonyl (C=O) groups is 1. The lowest BCUT2D eigenvalue weighted by atomic mass is 9.95. The third-order valence-corrected chi connectivity index (χ3v) is 4.08. The molecular weight excluding hydrogens is 234 g/mol. The molecule has 1 saturated carbocycles. The minimum Gasteiger partial charge on any atom is -0.366 e. The van der Waals surface area contributed by atoms with Crippen molar-refractivity contribution in [2.75, 3.05) is 0 Å². The molecule has 0 aliphatic heterocycles. The van der Waals surface area contributed by atoms with Gasteiger partial charge in [-0.15, -0.1) is 0 Å². The van der Waals surface area contributed by atoms with E-state index in [1.165, 1.54) is 24.0 Å². The number of hydrogen-bond acceptors (Lipinski definition) is 1. The van der Waals surface area contributed by atoms with Crippen LogP contribution < -0.4 is 5.73 Å². The van der Waals surface area contributed by atoms with Crippen molar-refractivity contribution in [3.05, 3.63) is 59.7 Å². The number of benzene rings is 2. The summed E-state index contributed by atoms with van der Waals surface area (Å²) in [6.45, 7) is 2.31. The molecule has 0 heterocycles. The monoisotopic (exact) mass is 251 g/mol. The molecule has 2 heteroatoms. The lowest BCUT2D eigenvalue weighted by Crippen LogP contribution is -2.10. The number of rotatable bonds is 3. The molecule has 2 nitrogen and oxygen atoms in total. The van der Waals surface area contributed by atoms with E-state index in [-0.39, 0.29) is 5.91 Å². The van der Waals surface area contributed by atoms with E-state index >= 15 is 0 Å². The second-order valence-electron chi connectivity index (χ2n) is 5.58. The average Bonchev–Trinajstić information content (AvgIpc) is 3.18. The number of primary amides is 1. The van der Waals surface area contributed by atoms with Crippen LogP contribution in [0.25, 0.3) is 11.1 Å². The maximum Gasteiger partial charge on any atom is 0.248 e. The molecule has 1 aliphatic rings. The Kier molecular flexibility index (Phi) is 2.67. The van der Waals surface area contributed by atoms with E-state index in [4.69, 9.17) is 5.73 Å². The molecule has 0 radical (unpaired) electrons. The highest BCUT2D eigenvalue weighted by molar-refractivity contribution is 5.93. The Morgan fingerprint density at radius 2 is 1.42 bits per heavy atom. The fourth-order valence-electron chi connectivity index (χ4n) is 2.37. The molecule has 19 heavy (non-hydrogen) atoms. The molecule has 1 fully saturated rings. The first-order chi connectivity index (χ1) is 9.08. The molecule has 0 spiro atoms. The maximum absolute atomic E-state index is 11.0. The molecule has 0 unspecified atom stereocenters. The van der Waals surface area contributed by atoms with Gasteiger partial charge in [0, 0.05) is 5.56 Å². The van der Waals surface area contributed by atoms with E-state index in [0.717, 1.165) is 5.56 Å². The average molecular weight is 251 g/mol. The third-order valence-electron chi connectivity index (χ3n) is 4.08.